The van der Waals surface area contributed by atoms with Crippen LogP contribution in [0.4, 0.5) is 0 Å². The van der Waals surface area contributed by atoms with Crippen molar-refractivity contribution in [3.05, 3.63) is 11.7 Å². The Labute approximate surface area is 106 Å². The van der Waals surface area contributed by atoms with Gasteiger partial charge in [0.05, 0.1) is 6.54 Å². The van der Waals surface area contributed by atoms with Crippen molar-refractivity contribution in [2.75, 3.05) is 6.54 Å². The van der Waals surface area contributed by atoms with Gasteiger partial charge >= 0.3 is 0 Å². The van der Waals surface area contributed by atoms with Crippen LogP contribution in [-0.2, 0) is 6.54 Å². The fourth-order valence-corrected chi connectivity index (χ4v) is 1.53. The molecule has 0 radical (unpaired) electrons. The van der Waals surface area contributed by atoms with Crippen LogP contribution in [0, 0.1) is 12.3 Å². The van der Waals surface area contributed by atoms with Gasteiger partial charge in [-0.25, -0.2) is 0 Å². The third-order valence-electron chi connectivity index (χ3n) is 2.81. The highest BCUT2D eigenvalue weighted by molar-refractivity contribution is 5.85. The minimum atomic E-state index is -0.293. The van der Waals surface area contributed by atoms with Crippen LogP contribution in [0.25, 0.3) is 0 Å². The Morgan fingerprint density at radius 3 is 2.83 bits per heavy atom. The molecule has 0 aromatic carbocycles. The van der Waals surface area contributed by atoms with Crippen LogP contribution >= 0.6 is 0 Å². The van der Waals surface area contributed by atoms with Gasteiger partial charge in [0, 0.05) is 12.3 Å². The predicted octanol–water partition coefficient (Wildman–Crippen LogP) is 1.02. The first-order chi connectivity index (χ1) is 8.45. The first-order valence-corrected chi connectivity index (χ1v) is 5.93. The molecule has 1 aromatic rings. The summed E-state index contributed by atoms with van der Waals surface area (Å²) in [5.41, 5.74) is 5.31. The standard InChI is InChI=1S/C11H21N5O2/c1-8-14-9(16-18-8)7-13-6-4-5-11(2,3)10(12)15-17/h13,17H,4-7H2,1-3H3,(H2,12,15). The van der Waals surface area contributed by atoms with Crippen molar-refractivity contribution in [2.45, 2.75) is 40.2 Å². The number of aromatic nitrogens is 2. The molecule has 0 aliphatic carbocycles. The number of nitrogens with two attached hydrogens (primary N) is 1. The average molecular weight is 255 g/mol. The van der Waals surface area contributed by atoms with Gasteiger partial charge in [0.25, 0.3) is 0 Å². The van der Waals surface area contributed by atoms with E-state index in [1.807, 2.05) is 13.8 Å². The Balaban J connectivity index is 2.19. The van der Waals surface area contributed by atoms with Crippen molar-refractivity contribution in [3.8, 4) is 0 Å². The molecule has 18 heavy (non-hydrogen) atoms. The topological polar surface area (TPSA) is 110 Å². The highest BCUT2D eigenvalue weighted by atomic mass is 16.5. The zero-order valence-corrected chi connectivity index (χ0v) is 11.1. The summed E-state index contributed by atoms with van der Waals surface area (Å²) in [6, 6.07) is 0. The van der Waals surface area contributed by atoms with E-state index in [4.69, 9.17) is 15.5 Å². The van der Waals surface area contributed by atoms with Crippen LogP contribution in [0.1, 0.15) is 38.4 Å². The van der Waals surface area contributed by atoms with Gasteiger partial charge in [-0.2, -0.15) is 4.98 Å². The number of nitrogens with one attached hydrogen (secondary N) is 1. The number of aryl methyl sites for hydroxylation is 1. The third-order valence-corrected chi connectivity index (χ3v) is 2.81. The minimum Gasteiger partial charge on any atom is -0.409 e. The monoisotopic (exact) mass is 255 g/mol. The molecule has 0 fully saturated rings. The third kappa shape index (κ3) is 4.33. The molecule has 4 N–H and O–H groups in total. The molecule has 7 heteroatoms. The fraction of sp³-hybridized carbons (Fsp3) is 0.727. The van der Waals surface area contributed by atoms with E-state index in [0.717, 1.165) is 19.4 Å². The first kappa shape index (κ1) is 14.4. The van der Waals surface area contributed by atoms with Crippen molar-refractivity contribution in [1.82, 2.24) is 15.5 Å². The van der Waals surface area contributed by atoms with E-state index >= 15 is 0 Å². The van der Waals surface area contributed by atoms with Crippen molar-refractivity contribution in [3.63, 3.8) is 0 Å². The molecule has 1 aromatic heterocycles. The van der Waals surface area contributed by atoms with Crippen LogP contribution < -0.4 is 11.1 Å². The molecule has 0 spiro atoms. The molecule has 0 atom stereocenters. The Morgan fingerprint density at radius 1 is 1.56 bits per heavy atom. The zero-order chi connectivity index (χ0) is 13.6. The van der Waals surface area contributed by atoms with E-state index in [-0.39, 0.29) is 11.3 Å². The summed E-state index contributed by atoms with van der Waals surface area (Å²) in [6.07, 6.45) is 1.75. The number of hydrogen-bond acceptors (Lipinski definition) is 6. The molecular weight excluding hydrogens is 234 g/mol. The highest BCUT2D eigenvalue weighted by Gasteiger charge is 2.22. The summed E-state index contributed by atoms with van der Waals surface area (Å²) in [4.78, 5) is 4.09. The summed E-state index contributed by atoms with van der Waals surface area (Å²) in [7, 11) is 0. The maximum Gasteiger partial charge on any atom is 0.223 e. The van der Waals surface area contributed by atoms with Gasteiger partial charge in [0.15, 0.2) is 5.82 Å². The Hall–Kier alpha value is -1.63. The SMILES string of the molecule is Cc1nc(CNCCCC(C)(C)C(N)=NO)no1. The molecule has 1 rings (SSSR count). The lowest BCUT2D eigenvalue weighted by Gasteiger charge is -2.22. The van der Waals surface area contributed by atoms with Gasteiger partial charge in [0.2, 0.25) is 5.89 Å². The van der Waals surface area contributed by atoms with Crippen LogP contribution in [0.15, 0.2) is 9.68 Å². The summed E-state index contributed by atoms with van der Waals surface area (Å²) in [5.74, 6) is 1.49. The Morgan fingerprint density at radius 2 is 2.28 bits per heavy atom. The van der Waals surface area contributed by atoms with Crippen LogP contribution in [-0.4, -0.2) is 27.7 Å². The van der Waals surface area contributed by atoms with E-state index in [1.54, 1.807) is 6.92 Å². The molecule has 0 aliphatic rings. The molecule has 0 amide bonds. The lowest BCUT2D eigenvalue weighted by atomic mass is 9.86. The lowest BCUT2D eigenvalue weighted by molar-refractivity contribution is 0.304. The molecule has 0 unspecified atom stereocenters. The van der Waals surface area contributed by atoms with E-state index in [9.17, 15) is 0 Å². The average Bonchev–Trinajstić information content (AvgIpc) is 2.73. The Kier molecular flexibility index (Phi) is 5.08. The second-order valence-electron chi connectivity index (χ2n) is 4.88. The van der Waals surface area contributed by atoms with Crippen LogP contribution in [0.3, 0.4) is 0 Å². The van der Waals surface area contributed by atoms with Gasteiger partial charge in [-0.05, 0) is 19.4 Å². The number of nitrogens with zero attached hydrogens (tertiary/aromatic N) is 3. The predicted molar refractivity (Wildman–Crippen MR) is 67.2 cm³/mol. The summed E-state index contributed by atoms with van der Waals surface area (Å²) < 4.78 is 4.86. The summed E-state index contributed by atoms with van der Waals surface area (Å²) in [6.45, 7) is 7.06. The van der Waals surface area contributed by atoms with Gasteiger partial charge in [-0.1, -0.05) is 24.2 Å². The normalized spacial score (nSPS) is 12.9. The second-order valence-corrected chi connectivity index (χ2v) is 4.88. The summed E-state index contributed by atoms with van der Waals surface area (Å²) >= 11 is 0. The van der Waals surface area contributed by atoms with Gasteiger partial charge in [-0.15, -0.1) is 0 Å². The van der Waals surface area contributed by atoms with Crippen LogP contribution in [0.2, 0.25) is 0 Å². The van der Waals surface area contributed by atoms with Crippen molar-refractivity contribution in [2.24, 2.45) is 16.3 Å². The first-order valence-electron chi connectivity index (χ1n) is 5.93. The molecular formula is C11H21N5O2. The minimum absolute atomic E-state index is 0.260. The largest absolute Gasteiger partial charge is 0.409 e. The maximum absolute atomic E-state index is 8.64. The lowest BCUT2D eigenvalue weighted by Crippen LogP contribution is -2.32. The van der Waals surface area contributed by atoms with E-state index < -0.39 is 0 Å². The number of oxime groups is 1. The fourth-order valence-electron chi connectivity index (χ4n) is 1.53. The maximum atomic E-state index is 8.64. The Bertz CT molecular complexity index is 400. The quantitative estimate of drug-likeness (QED) is 0.221. The van der Waals surface area contributed by atoms with Crippen molar-refractivity contribution < 1.29 is 9.73 Å². The highest BCUT2D eigenvalue weighted by Crippen LogP contribution is 2.21. The molecule has 7 nitrogen and oxygen atoms in total. The van der Waals surface area contributed by atoms with Gasteiger partial charge in [0.1, 0.15) is 5.84 Å². The van der Waals surface area contributed by atoms with Gasteiger partial charge in [-0.3, -0.25) is 0 Å². The molecule has 1 heterocycles. The molecule has 0 saturated carbocycles. The molecule has 0 aliphatic heterocycles. The number of hydrogen-bond donors (Lipinski definition) is 3. The van der Waals surface area contributed by atoms with E-state index in [0.29, 0.717) is 18.3 Å². The smallest absolute Gasteiger partial charge is 0.223 e. The second kappa shape index (κ2) is 6.34. The van der Waals surface area contributed by atoms with Crippen molar-refractivity contribution in [1.29, 1.82) is 0 Å². The number of rotatable bonds is 7. The molecule has 102 valence electrons. The zero-order valence-electron chi connectivity index (χ0n) is 11.1. The van der Waals surface area contributed by atoms with E-state index in [2.05, 4.69) is 20.6 Å². The van der Waals surface area contributed by atoms with E-state index in [1.165, 1.54) is 0 Å². The molecule has 0 saturated heterocycles. The van der Waals surface area contributed by atoms with Crippen LogP contribution in [0.5, 0.6) is 0 Å². The number of amidine groups is 1. The van der Waals surface area contributed by atoms with Crippen molar-refractivity contribution >= 4 is 5.84 Å². The summed E-state index contributed by atoms with van der Waals surface area (Å²) in [5, 5.41) is 18.7. The molecule has 0 bridgehead atoms. The van der Waals surface area contributed by atoms with Gasteiger partial charge < -0.3 is 20.8 Å².